The third-order valence-electron chi connectivity index (χ3n) is 3.36. The number of benzene rings is 2. The molecule has 3 rings (SSSR count). The van der Waals surface area contributed by atoms with Crippen LogP contribution in [0.2, 0.25) is 0 Å². The molecule has 1 aliphatic heterocycles. The van der Waals surface area contributed by atoms with Crippen molar-refractivity contribution in [2.75, 3.05) is 0 Å². The van der Waals surface area contributed by atoms with E-state index in [0.29, 0.717) is 11.1 Å². The molecular formula is C13H12O7P2. The maximum Gasteiger partial charge on any atom is 0.359 e. The smallest absolute Gasteiger partial charge is 0.359 e. The van der Waals surface area contributed by atoms with Crippen LogP contribution in [-0.2, 0) is 15.6 Å². The van der Waals surface area contributed by atoms with Crippen LogP contribution < -0.4 is 15.3 Å². The molecule has 0 aromatic heterocycles. The lowest BCUT2D eigenvalue weighted by Gasteiger charge is -2.25. The minimum absolute atomic E-state index is 0.0377. The normalized spacial score (nSPS) is 14.0. The molecule has 2 aromatic carbocycles. The van der Waals surface area contributed by atoms with Crippen molar-refractivity contribution in [3.8, 4) is 11.5 Å². The summed E-state index contributed by atoms with van der Waals surface area (Å²) in [5, 5.41) is -0.590. The van der Waals surface area contributed by atoms with Crippen molar-refractivity contribution >= 4 is 25.8 Å². The highest BCUT2D eigenvalue weighted by Crippen LogP contribution is 2.46. The minimum atomic E-state index is -4.57. The average molecular weight is 342 g/mol. The van der Waals surface area contributed by atoms with Gasteiger partial charge in [0.2, 0.25) is 0 Å². The van der Waals surface area contributed by atoms with Crippen LogP contribution in [0.25, 0.3) is 0 Å². The van der Waals surface area contributed by atoms with E-state index in [1.807, 2.05) is 0 Å². The van der Waals surface area contributed by atoms with E-state index in [4.69, 9.17) is 4.74 Å². The van der Waals surface area contributed by atoms with E-state index in [1.54, 1.807) is 12.1 Å². The van der Waals surface area contributed by atoms with Gasteiger partial charge in [-0.1, -0.05) is 24.3 Å². The Morgan fingerprint density at radius 2 is 1.18 bits per heavy atom. The second kappa shape index (κ2) is 5.03. The molecule has 2 aromatic rings. The summed E-state index contributed by atoms with van der Waals surface area (Å²) in [6.45, 7) is 0. The molecule has 7 nitrogen and oxygen atoms in total. The lowest BCUT2D eigenvalue weighted by molar-refractivity contribution is 0.383. The van der Waals surface area contributed by atoms with Crippen molar-refractivity contribution < 1.29 is 33.4 Å². The van der Waals surface area contributed by atoms with Gasteiger partial charge >= 0.3 is 15.2 Å². The molecule has 1 aliphatic rings. The van der Waals surface area contributed by atoms with Gasteiger partial charge in [-0.2, -0.15) is 0 Å². The van der Waals surface area contributed by atoms with E-state index in [2.05, 4.69) is 0 Å². The van der Waals surface area contributed by atoms with Crippen LogP contribution in [0.1, 0.15) is 11.1 Å². The summed E-state index contributed by atoms with van der Waals surface area (Å²) in [4.78, 5) is 37.6. The summed E-state index contributed by atoms with van der Waals surface area (Å²) in [5.41, 5.74) is 1.10. The first kappa shape index (κ1) is 15.4. The Morgan fingerprint density at radius 3 is 1.55 bits per heavy atom. The van der Waals surface area contributed by atoms with Gasteiger partial charge in [-0.05, 0) is 12.1 Å². The summed E-state index contributed by atoms with van der Waals surface area (Å²) in [6, 6.07) is 8.81. The molecule has 1 heterocycles. The quantitative estimate of drug-likeness (QED) is 0.512. The maximum absolute atomic E-state index is 11.6. The Balaban J connectivity index is 2.21. The average Bonchev–Trinajstić information content (AvgIpc) is 2.41. The van der Waals surface area contributed by atoms with Gasteiger partial charge in [-0.25, -0.2) is 0 Å². The van der Waals surface area contributed by atoms with Crippen LogP contribution in [0, 0.1) is 0 Å². The largest absolute Gasteiger partial charge is 0.455 e. The number of rotatable bonds is 2. The Bertz CT molecular complexity index is 780. The highest BCUT2D eigenvalue weighted by molar-refractivity contribution is 7.60. The van der Waals surface area contributed by atoms with E-state index in [9.17, 15) is 28.7 Å². The van der Waals surface area contributed by atoms with Gasteiger partial charge in [0, 0.05) is 17.5 Å². The highest BCUT2D eigenvalue weighted by atomic mass is 31.2. The summed E-state index contributed by atoms with van der Waals surface area (Å²) < 4.78 is 28.6. The molecular weight excluding hydrogens is 330 g/mol. The van der Waals surface area contributed by atoms with Gasteiger partial charge in [-0.15, -0.1) is 0 Å². The monoisotopic (exact) mass is 342 g/mol. The fourth-order valence-corrected chi connectivity index (χ4v) is 3.89. The molecule has 0 spiro atoms. The highest BCUT2D eigenvalue weighted by Gasteiger charge is 2.32. The Hall–Kier alpha value is -1.46. The number of hydrogen-bond acceptors (Lipinski definition) is 3. The predicted octanol–water partition coefficient (Wildman–Crippen LogP) is 0.989. The molecule has 9 heteroatoms. The number of para-hydroxylation sites is 2. The topological polar surface area (TPSA) is 124 Å². The van der Waals surface area contributed by atoms with E-state index in [0.717, 1.165) is 0 Å². The zero-order valence-corrected chi connectivity index (χ0v) is 12.9. The van der Waals surface area contributed by atoms with Crippen molar-refractivity contribution in [2.45, 2.75) is 6.42 Å². The molecule has 0 radical (unpaired) electrons. The Labute approximate surface area is 125 Å². The van der Waals surface area contributed by atoms with Crippen molar-refractivity contribution in [1.82, 2.24) is 0 Å². The molecule has 0 saturated heterocycles. The van der Waals surface area contributed by atoms with Gasteiger partial charge in [-0.3, -0.25) is 9.13 Å². The van der Waals surface area contributed by atoms with Gasteiger partial charge in [0.1, 0.15) is 22.1 Å². The molecule has 0 saturated carbocycles. The van der Waals surface area contributed by atoms with E-state index in [1.165, 1.54) is 24.3 Å². The third kappa shape index (κ3) is 2.63. The van der Waals surface area contributed by atoms with E-state index >= 15 is 0 Å². The first-order valence-electron chi connectivity index (χ1n) is 6.22. The van der Waals surface area contributed by atoms with Gasteiger partial charge in [0.05, 0.1) is 0 Å². The summed E-state index contributed by atoms with van der Waals surface area (Å²) in [7, 11) is -9.13. The standard InChI is InChI=1S/C13H12O7P2/c14-21(15,16)10-5-1-3-8-7-9-4-2-6-11(22(17,18)19)13(9)20-12(8)10/h1-6H,7H2,(H2,14,15,16)(H2,17,18,19). The second-order valence-electron chi connectivity index (χ2n) is 4.90. The lowest BCUT2D eigenvalue weighted by atomic mass is 10.0. The molecule has 0 atom stereocenters. The molecule has 4 N–H and O–H groups in total. The van der Waals surface area contributed by atoms with Crippen molar-refractivity contribution in [1.29, 1.82) is 0 Å². The van der Waals surface area contributed by atoms with Crippen molar-refractivity contribution in [3.05, 3.63) is 47.5 Å². The molecule has 0 amide bonds. The fraction of sp³-hybridized carbons (Fsp3) is 0.0769. The van der Waals surface area contributed by atoms with Gasteiger partial charge < -0.3 is 24.3 Å². The summed E-state index contributed by atoms with van der Waals surface area (Å²) >= 11 is 0. The van der Waals surface area contributed by atoms with E-state index < -0.39 is 15.2 Å². The van der Waals surface area contributed by atoms with Crippen LogP contribution in [0.15, 0.2) is 36.4 Å². The van der Waals surface area contributed by atoms with Crippen LogP contribution in [0.3, 0.4) is 0 Å². The van der Waals surface area contributed by atoms with Crippen LogP contribution in [-0.4, -0.2) is 19.6 Å². The summed E-state index contributed by atoms with van der Waals surface area (Å²) in [6.07, 6.45) is 0.270. The molecule has 0 bridgehead atoms. The lowest BCUT2D eigenvalue weighted by Crippen LogP contribution is -2.19. The third-order valence-corrected chi connectivity index (χ3v) is 5.32. The second-order valence-corrected chi connectivity index (χ2v) is 8.04. The first-order valence-corrected chi connectivity index (χ1v) is 9.44. The minimum Gasteiger partial charge on any atom is -0.455 e. The Kier molecular flexibility index (Phi) is 3.53. The molecule has 116 valence electrons. The first-order chi connectivity index (χ1) is 10.2. The van der Waals surface area contributed by atoms with Crippen LogP contribution in [0.5, 0.6) is 11.5 Å². The zero-order chi connectivity index (χ0) is 16.1. The fourth-order valence-electron chi connectivity index (χ4n) is 2.42. The SMILES string of the molecule is O=P(O)(O)c1cccc2c1Oc1c(cccc1P(=O)(O)O)C2. The number of ether oxygens (including phenoxy) is 1. The number of hydrogen-bond donors (Lipinski definition) is 4. The molecule has 0 unspecified atom stereocenters. The summed E-state index contributed by atoms with van der Waals surface area (Å²) in [5.74, 6) is -0.0755. The molecule has 0 aliphatic carbocycles. The van der Waals surface area contributed by atoms with Crippen molar-refractivity contribution in [2.24, 2.45) is 0 Å². The Morgan fingerprint density at radius 1 is 0.773 bits per heavy atom. The zero-order valence-electron chi connectivity index (χ0n) is 11.1. The maximum atomic E-state index is 11.6. The van der Waals surface area contributed by atoms with Gasteiger partial charge in [0.15, 0.2) is 0 Å². The van der Waals surface area contributed by atoms with Gasteiger partial charge in [0.25, 0.3) is 0 Å². The van der Waals surface area contributed by atoms with Crippen molar-refractivity contribution in [3.63, 3.8) is 0 Å². The molecule has 0 fully saturated rings. The van der Waals surface area contributed by atoms with E-state index in [-0.39, 0.29) is 28.5 Å². The van der Waals surface area contributed by atoms with Crippen LogP contribution in [0.4, 0.5) is 0 Å². The molecule has 22 heavy (non-hydrogen) atoms. The van der Waals surface area contributed by atoms with Crippen LogP contribution >= 0.6 is 15.2 Å². The predicted molar refractivity (Wildman–Crippen MR) is 79.1 cm³/mol. The number of fused-ring (bicyclic) bond motifs is 2.